The van der Waals surface area contributed by atoms with Crippen LogP contribution < -0.4 is 0 Å². The highest BCUT2D eigenvalue weighted by Gasteiger charge is 2.46. The predicted molar refractivity (Wildman–Crippen MR) is 118 cm³/mol. The summed E-state index contributed by atoms with van der Waals surface area (Å²) >= 11 is 0. The molecule has 1 spiro atoms. The highest BCUT2D eigenvalue weighted by molar-refractivity contribution is 5.85. The number of H-pyrrole nitrogens is 1. The Kier molecular flexibility index (Phi) is 6.04. The molecular formula is C25H37FN2O. The van der Waals surface area contributed by atoms with E-state index in [0.717, 1.165) is 36.1 Å². The molecule has 2 atom stereocenters. The first kappa shape index (κ1) is 20.9. The number of ether oxygens (including phenoxy) is 1. The highest BCUT2D eigenvalue weighted by Crippen LogP contribution is 2.49. The molecule has 1 aliphatic carbocycles. The van der Waals surface area contributed by atoms with Gasteiger partial charge in [0, 0.05) is 23.4 Å². The molecule has 0 saturated heterocycles. The molecule has 2 aromatic rings. The van der Waals surface area contributed by atoms with E-state index in [0.29, 0.717) is 6.04 Å². The van der Waals surface area contributed by atoms with E-state index >= 15 is 0 Å². The van der Waals surface area contributed by atoms with E-state index < -0.39 is 0 Å². The molecule has 1 aliphatic heterocycles. The quantitative estimate of drug-likeness (QED) is 0.588. The summed E-state index contributed by atoms with van der Waals surface area (Å²) in [7, 11) is 4.48. The van der Waals surface area contributed by atoms with Crippen molar-refractivity contribution in [3.63, 3.8) is 0 Å². The van der Waals surface area contributed by atoms with Crippen LogP contribution in [-0.4, -0.2) is 36.1 Å². The van der Waals surface area contributed by atoms with Gasteiger partial charge >= 0.3 is 0 Å². The van der Waals surface area contributed by atoms with Crippen LogP contribution in [0.5, 0.6) is 0 Å². The molecular weight excluding hydrogens is 363 g/mol. The zero-order chi connectivity index (χ0) is 20.6. The minimum atomic E-state index is -0.223. The topological polar surface area (TPSA) is 28.3 Å². The Bertz CT molecular complexity index is 835. The number of unbranched alkanes of at least 4 members (excludes halogenated alkanes) is 2. The van der Waals surface area contributed by atoms with E-state index in [1.54, 1.807) is 12.1 Å². The maximum Gasteiger partial charge on any atom is 0.123 e. The van der Waals surface area contributed by atoms with Crippen molar-refractivity contribution >= 4 is 10.9 Å². The fourth-order valence-electron chi connectivity index (χ4n) is 5.97. The van der Waals surface area contributed by atoms with Gasteiger partial charge in [-0.2, -0.15) is 0 Å². The lowest BCUT2D eigenvalue weighted by Crippen LogP contribution is -2.45. The summed E-state index contributed by atoms with van der Waals surface area (Å²) in [6, 6.07) is 5.78. The maximum atomic E-state index is 13.9. The number of hydrogen-bond acceptors (Lipinski definition) is 2. The van der Waals surface area contributed by atoms with Gasteiger partial charge in [0.25, 0.3) is 0 Å². The number of rotatable bonds is 6. The summed E-state index contributed by atoms with van der Waals surface area (Å²) in [5.74, 6) is 0.579. The van der Waals surface area contributed by atoms with Gasteiger partial charge in [0.05, 0.1) is 11.8 Å². The third-order valence-corrected chi connectivity index (χ3v) is 7.39. The molecule has 1 fully saturated rings. The average Bonchev–Trinajstić information content (AvgIpc) is 3.05. The number of nitrogens with zero attached hydrogens (tertiary/aromatic N) is 1. The molecule has 2 aliphatic rings. The van der Waals surface area contributed by atoms with Gasteiger partial charge in [0.1, 0.15) is 11.4 Å². The summed E-state index contributed by atoms with van der Waals surface area (Å²) in [4.78, 5) is 6.08. The summed E-state index contributed by atoms with van der Waals surface area (Å²) < 4.78 is 20.6. The molecule has 0 amide bonds. The van der Waals surface area contributed by atoms with Crippen LogP contribution in [0.15, 0.2) is 18.2 Å². The number of aromatic amines is 1. The Morgan fingerprint density at radius 3 is 2.69 bits per heavy atom. The summed E-state index contributed by atoms with van der Waals surface area (Å²) in [6.45, 7) is 4.45. The summed E-state index contributed by atoms with van der Waals surface area (Å²) in [5.41, 5.74) is 3.33. The van der Waals surface area contributed by atoms with E-state index in [-0.39, 0.29) is 17.5 Å². The number of aromatic nitrogens is 1. The van der Waals surface area contributed by atoms with Crippen LogP contribution in [0.4, 0.5) is 4.39 Å². The summed E-state index contributed by atoms with van der Waals surface area (Å²) in [6.07, 6.45) is 10.8. The Hall–Kier alpha value is -1.39. The highest BCUT2D eigenvalue weighted by atomic mass is 19.1. The molecule has 1 aromatic heterocycles. The minimum absolute atomic E-state index is 0.155. The lowest BCUT2D eigenvalue weighted by atomic mass is 9.71. The fraction of sp³-hybridized carbons (Fsp3) is 0.680. The van der Waals surface area contributed by atoms with Crippen molar-refractivity contribution in [3.8, 4) is 0 Å². The number of hydrogen-bond donors (Lipinski definition) is 1. The molecule has 1 saturated carbocycles. The van der Waals surface area contributed by atoms with Crippen LogP contribution in [0.1, 0.15) is 76.5 Å². The number of halogens is 1. The van der Waals surface area contributed by atoms with Gasteiger partial charge in [-0.3, -0.25) is 0 Å². The second kappa shape index (κ2) is 8.39. The maximum absolute atomic E-state index is 13.9. The van der Waals surface area contributed by atoms with Crippen LogP contribution in [0.3, 0.4) is 0 Å². The first-order chi connectivity index (χ1) is 13.9. The van der Waals surface area contributed by atoms with Crippen LogP contribution in [0.2, 0.25) is 0 Å². The lowest BCUT2D eigenvalue weighted by Gasteiger charge is -2.47. The van der Waals surface area contributed by atoms with Crippen molar-refractivity contribution in [3.05, 3.63) is 35.3 Å². The van der Waals surface area contributed by atoms with Crippen molar-refractivity contribution in [1.82, 2.24) is 9.88 Å². The van der Waals surface area contributed by atoms with Crippen molar-refractivity contribution < 1.29 is 9.13 Å². The van der Waals surface area contributed by atoms with Gasteiger partial charge in [-0.25, -0.2) is 4.39 Å². The van der Waals surface area contributed by atoms with Crippen LogP contribution in [0, 0.1) is 11.7 Å². The molecule has 1 N–H and O–H groups in total. The Labute approximate surface area is 175 Å². The molecule has 29 heavy (non-hydrogen) atoms. The molecule has 0 radical (unpaired) electrons. The van der Waals surface area contributed by atoms with Gasteiger partial charge in [0.2, 0.25) is 0 Å². The SMILES string of the molecule is CCCCCC(C1CCC2(CC1)OC(C)Cc1c2[nH]c2ccc(F)cc12)N(C)C. The minimum Gasteiger partial charge on any atom is -0.365 e. The van der Waals surface area contributed by atoms with Gasteiger partial charge < -0.3 is 14.6 Å². The molecule has 160 valence electrons. The Morgan fingerprint density at radius 2 is 2.00 bits per heavy atom. The first-order valence-corrected chi connectivity index (χ1v) is 11.6. The molecule has 2 unspecified atom stereocenters. The second-order valence-corrected chi connectivity index (χ2v) is 9.66. The molecule has 0 bridgehead atoms. The standard InChI is InChI=1S/C25H37FN2O/c1-5-6-7-8-23(28(3)4)18-11-13-25(14-12-18)24-21(15-17(2)29-25)20-16-19(26)9-10-22(20)27-24/h9-10,16-18,23,27H,5-8,11-15H2,1-4H3. The molecule has 4 rings (SSSR count). The fourth-order valence-corrected chi connectivity index (χ4v) is 5.97. The molecule has 3 nitrogen and oxygen atoms in total. The largest absolute Gasteiger partial charge is 0.365 e. The third kappa shape index (κ3) is 3.98. The van der Waals surface area contributed by atoms with Crippen LogP contribution >= 0.6 is 0 Å². The van der Waals surface area contributed by atoms with Crippen molar-refractivity contribution in [2.45, 2.75) is 89.4 Å². The van der Waals surface area contributed by atoms with Crippen molar-refractivity contribution in [2.75, 3.05) is 14.1 Å². The number of benzene rings is 1. The van der Waals surface area contributed by atoms with E-state index in [2.05, 4.69) is 37.8 Å². The van der Waals surface area contributed by atoms with E-state index in [1.807, 2.05) is 6.07 Å². The van der Waals surface area contributed by atoms with E-state index in [9.17, 15) is 4.39 Å². The monoisotopic (exact) mass is 400 g/mol. The zero-order valence-corrected chi connectivity index (χ0v) is 18.6. The third-order valence-electron chi connectivity index (χ3n) is 7.39. The molecule has 2 heterocycles. The number of fused-ring (bicyclic) bond motifs is 4. The zero-order valence-electron chi connectivity index (χ0n) is 18.6. The smallest absolute Gasteiger partial charge is 0.123 e. The van der Waals surface area contributed by atoms with Crippen molar-refractivity contribution in [2.24, 2.45) is 5.92 Å². The van der Waals surface area contributed by atoms with Gasteiger partial charge in [0.15, 0.2) is 0 Å². The van der Waals surface area contributed by atoms with Gasteiger partial charge in [-0.1, -0.05) is 26.2 Å². The van der Waals surface area contributed by atoms with E-state index in [1.165, 1.54) is 49.8 Å². The Balaban J connectivity index is 1.57. The normalized spacial score (nSPS) is 28.2. The van der Waals surface area contributed by atoms with E-state index in [4.69, 9.17) is 4.74 Å². The van der Waals surface area contributed by atoms with Gasteiger partial charge in [-0.15, -0.1) is 0 Å². The summed E-state index contributed by atoms with van der Waals surface area (Å²) in [5, 5.41) is 1.04. The lowest BCUT2D eigenvalue weighted by molar-refractivity contribution is -0.135. The second-order valence-electron chi connectivity index (χ2n) is 9.66. The number of nitrogens with one attached hydrogen (secondary N) is 1. The molecule has 4 heteroatoms. The van der Waals surface area contributed by atoms with Crippen molar-refractivity contribution in [1.29, 1.82) is 0 Å². The predicted octanol–water partition coefficient (Wildman–Crippen LogP) is 6.16. The average molecular weight is 401 g/mol. The van der Waals surface area contributed by atoms with Crippen LogP contribution in [0.25, 0.3) is 10.9 Å². The first-order valence-electron chi connectivity index (χ1n) is 11.6. The molecule has 1 aromatic carbocycles. The van der Waals surface area contributed by atoms with Gasteiger partial charge in [-0.05, 0) is 82.8 Å². The Morgan fingerprint density at radius 1 is 1.24 bits per heavy atom. The van der Waals surface area contributed by atoms with Crippen LogP contribution in [-0.2, 0) is 16.8 Å².